The summed E-state index contributed by atoms with van der Waals surface area (Å²) in [5.74, 6) is -0.912. The van der Waals surface area contributed by atoms with Gasteiger partial charge >= 0.3 is 0 Å². The molecule has 31 heavy (non-hydrogen) atoms. The molecule has 8 heteroatoms. The quantitative estimate of drug-likeness (QED) is 0.268. The summed E-state index contributed by atoms with van der Waals surface area (Å²) in [7, 11) is 1.65. The van der Waals surface area contributed by atoms with Gasteiger partial charge in [-0.25, -0.2) is 0 Å². The van der Waals surface area contributed by atoms with Crippen LogP contribution in [-0.4, -0.2) is 65.0 Å². The second kappa shape index (κ2) is 10.8. The molecule has 0 bridgehead atoms. The third-order valence-corrected chi connectivity index (χ3v) is 6.99. The van der Waals surface area contributed by atoms with Gasteiger partial charge in [-0.15, -0.1) is 6.58 Å². The Bertz CT molecular complexity index is 739. The van der Waals surface area contributed by atoms with Crippen molar-refractivity contribution in [2.75, 3.05) is 13.7 Å². The Morgan fingerprint density at radius 3 is 2.68 bits per heavy atom. The predicted molar refractivity (Wildman–Crippen MR) is 121 cm³/mol. The summed E-state index contributed by atoms with van der Waals surface area (Å²) in [6.07, 6.45) is 8.08. The minimum atomic E-state index is -0.586. The number of amides is 2. The molecule has 1 heterocycles. The molecule has 1 saturated heterocycles. The van der Waals surface area contributed by atoms with E-state index in [9.17, 15) is 14.7 Å². The number of hydrogen-bond acceptors (Lipinski definition) is 6. The maximum Gasteiger partial charge on any atom is 0.265 e. The molecule has 172 valence electrons. The molecular weight excluding hydrogens is 416 g/mol. The minimum Gasteiger partial charge on any atom is -0.390 e. The number of rotatable bonds is 7. The smallest absolute Gasteiger partial charge is 0.265 e. The molecule has 0 aromatic carbocycles. The lowest BCUT2D eigenvalue weighted by Gasteiger charge is -2.41. The van der Waals surface area contributed by atoms with E-state index in [2.05, 4.69) is 11.9 Å². The lowest BCUT2D eigenvalue weighted by atomic mass is 9.75. The highest BCUT2D eigenvalue weighted by atomic mass is 32.1. The van der Waals surface area contributed by atoms with E-state index in [1.165, 1.54) is 4.90 Å². The van der Waals surface area contributed by atoms with Gasteiger partial charge in [-0.3, -0.25) is 19.8 Å². The van der Waals surface area contributed by atoms with Gasteiger partial charge in [0.1, 0.15) is 5.57 Å². The molecule has 1 aliphatic heterocycles. The molecule has 2 saturated carbocycles. The molecule has 6 unspecified atom stereocenters. The van der Waals surface area contributed by atoms with Gasteiger partial charge in [-0.2, -0.15) is 0 Å². The largest absolute Gasteiger partial charge is 0.390 e. The molecule has 0 aromatic rings. The highest BCUT2D eigenvalue weighted by Gasteiger charge is 2.43. The van der Waals surface area contributed by atoms with Gasteiger partial charge in [0, 0.05) is 13.7 Å². The summed E-state index contributed by atoms with van der Waals surface area (Å²) < 4.78 is 11.4. The van der Waals surface area contributed by atoms with Crippen LogP contribution in [0.1, 0.15) is 51.9 Å². The summed E-state index contributed by atoms with van der Waals surface area (Å²) in [6.45, 7) is 6.18. The van der Waals surface area contributed by atoms with E-state index in [1.807, 2.05) is 6.92 Å². The molecule has 2 N–H and O–H groups in total. The number of methoxy groups -OCH3 is 1. The van der Waals surface area contributed by atoms with E-state index in [-0.39, 0.29) is 46.7 Å². The number of nitrogens with zero attached hydrogens (tertiary/aromatic N) is 1. The number of hydrogen-bond donors (Lipinski definition) is 2. The number of aliphatic hydroxyl groups excluding tert-OH is 1. The first kappa shape index (κ1) is 24.0. The Morgan fingerprint density at radius 2 is 2.00 bits per heavy atom. The number of thiocarbonyl (C=S) groups is 1. The van der Waals surface area contributed by atoms with Gasteiger partial charge < -0.3 is 14.6 Å². The Morgan fingerprint density at radius 1 is 1.26 bits per heavy atom. The zero-order valence-corrected chi connectivity index (χ0v) is 19.2. The second-order valence-corrected chi connectivity index (χ2v) is 9.03. The number of ether oxygens (including phenoxy) is 2. The Labute approximate surface area is 189 Å². The first-order valence-electron chi connectivity index (χ1n) is 11.2. The van der Waals surface area contributed by atoms with E-state index < -0.39 is 12.0 Å². The predicted octanol–water partition coefficient (Wildman–Crippen LogP) is 2.48. The molecule has 2 aliphatic carbocycles. The maximum absolute atomic E-state index is 13.4. The van der Waals surface area contributed by atoms with Gasteiger partial charge in [-0.1, -0.05) is 25.0 Å². The van der Waals surface area contributed by atoms with Crippen LogP contribution in [-0.2, 0) is 19.1 Å². The molecule has 2 amide bonds. The average Bonchev–Trinajstić information content (AvgIpc) is 2.74. The summed E-state index contributed by atoms with van der Waals surface area (Å²) in [6, 6.07) is -0.180. The van der Waals surface area contributed by atoms with Crippen molar-refractivity contribution in [3.63, 3.8) is 0 Å². The van der Waals surface area contributed by atoms with Crippen molar-refractivity contribution in [1.82, 2.24) is 10.2 Å². The molecule has 6 atom stereocenters. The van der Waals surface area contributed by atoms with Crippen molar-refractivity contribution < 1.29 is 24.2 Å². The van der Waals surface area contributed by atoms with E-state index in [4.69, 9.17) is 21.7 Å². The third kappa shape index (κ3) is 5.25. The van der Waals surface area contributed by atoms with Crippen LogP contribution < -0.4 is 5.32 Å². The van der Waals surface area contributed by atoms with E-state index in [0.29, 0.717) is 25.9 Å². The molecule has 0 radical (unpaired) electrons. The SMILES string of the molecule is C=CCC1CC(/C=C2\C(=O)NC(=S)N(C3CCCCC3OC)C2=O)CC(OCC)C1O. The van der Waals surface area contributed by atoms with Gasteiger partial charge in [0.15, 0.2) is 5.11 Å². The van der Waals surface area contributed by atoms with Crippen LogP contribution in [0, 0.1) is 11.8 Å². The Hall–Kier alpha value is -1.61. The summed E-state index contributed by atoms with van der Waals surface area (Å²) in [5, 5.41) is 13.5. The van der Waals surface area contributed by atoms with E-state index >= 15 is 0 Å². The van der Waals surface area contributed by atoms with Gasteiger partial charge in [0.05, 0.1) is 24.4 Å². The maximum atomic E-state index is 13.4. The molecule has 0 spiro atoms. The van der Waals surface area contributed by atoms with Crippen LogP contribution >= 0.6 is 12.2 Å². The van der Waals surface area contributed by atoms with E-state index in [0.717, 1.165) is 25.7 Å². The summed E-state index contributed by atoms with van der Waals surface area (Å²) in [4.78, 5) is 27.7. The van der Waals surface area contributed by atoms with Crippen LogP contribution in [0.25, 0.3) is 0 Å². The number of aliphatic hydroxyl groups is 1. The number of nitrogens with one attached hydrogen (secondary N) is 1. The molecule has 3 aliphatic rings. The summed E-state index contributed by atoms with van der Waals surface area (Å²) >= 11 is 5.37. The Kier molecular flexibility index (Phi) is 8.38. The van der Waals surface area contributed by atoms with Crippen molar-refractivity contribution in [3.8, 4) is 0 Å². The van der Waals surface area contributed by atoms with Crippen molar-refractivity contribution in [2.24, 2.45) is 11.8 Å². The zero-order chi connectivity index (χ0) is 22.5. The minimum absolute atomic E-state index is 0.0280. The Balaban J connectivity index is 1.85. The van der Waals surface area contributed by atoms with Crippen LogP contribution in [0.2, 0.25) is 0 Å². The zero-order valence-electron chi connectivity index (χ0n) is 18.4. The van der Waals surface area contributed by atoms with Crippen LogP contribution in [0.15, 0.2) is 24.3 Å². The highest BCUT2D eigenvalue weighted by Crippen LogP contribution is 2.36. The normalized spacial score (nSPS) is 35.9. The first-order valence-corrected chi connectivity index (χ1v) is 11.7. The number of carbonyl (C=O) groups excluding carboxylic acids is 2. The van der Waals surface area contributed by atoms with Crippen LogP contribution in [0.5, 0.6) is 0 Å². The number of allylic oxidation sites excluding steroid dienone is 2. The second-order valence-electron chi connectivity index (χ2n) is 8.64. The average molecular weight is 451 g/mol. The van der Waals surface area contributed by atoms with Gasteiger partial charge in [0.25, 0.3) is 11.8 Å². The standard InChI is InChI=1S/C23H34N2O5S/c1-4-8-15-11-14(13-19(20(15)26)30-5-2)12-16-21(27)24-23(31)25(22(16)28)17-9-6-7-10-18(17)29-3/h4,12,14-15,17-20,26H,1,5-11,13H2,2-3H3,(H,24,27,31)/b16-12+. The third-order valence-electron chi connectivity index (χ3n) is 6.69. The fourth-order valence-corrected chi connectivity index (χ4v) is 5.52. The molecule has 0 aromatic heterocycles. The fraction of sp³-hybridized carbons (Fsp3) is 0.696. The monoisotopic (exact) mass is 450 g/mol. The van der Waals surface area contributed by atoms with E-state index in [1.54, 1.807) is 19.3 Å². The molecule has 7 nitrogen and oxygen atoms in total. The van der Waals surface area contributed by atoms with Crippen molar-refractivity contribution in [1.29, 1.82) is 0 Å². The van der Waals surface area contributed by atoms with Crippen LogP contribution in [0.4, 0.5) is 0 Å². The molecule has 3 fully saturated rings. The van der Waals surface area contributed by atoms with Crippen molar-refractivity contribution in [2.45, 2.75) is 76.2 Å². The number of carbonyl (C=O) groups is 2. The highest BCUT2D eigenvalue weighted by molar-refractivity contribution is 7.80. The fourth-order valence-electron chi connectivity index (χ4n) is 5.21. The lowest BCUT2D eigenvalue weighted by molar-refractivity contribution is -0.133. The van der Waals surface area contributed by atoms with Crippen molar-refractivity contribution >= 4 is 29.1 Å². The summed E-state index contributed by atoms with van der Waals surface area (Å²) in [5.41, 5.74) is 0.114. The topological polar surface area (TPSA) is 88.1 Å². The first-order chi connectivity index (χ1) is 14.9. The van der Waals surface area contributed by atoms with Crippen LogP contribution in [0.3, 0.4) is 0 Å². The van der Waals surface area contributed by atoms with Crippen molar-refractivity contribution in [3.05, 3.63) is 24.3 Å². The van der Waals surface area contributed by atoms with Gasteiger partial charge in [0.2, 0.25) is 0 Å². The molecular formula is C23H34N2O5S. The lowest BCUT2D eigenvalue weighted by Crippen LogP contribution is -2.61. The molecule has 3 rings (SSSR count). The van der Waals surface area contributed by atoms with Gasteiger partial charge in [-0.05, 0) is 63.1 Å².